The molecule has 84 valence electrons. The number of carbonyl (C=O) groups is 1. The number of hydrogen-bond donors (Lipinski definition) is 1. The van der Waals surface area contributed by atoms with Crippen LogP contribution in [-0.4, -0.2) is 18.1 Å². The average Bonchev–Trinajstić information content (AvgIpc) is 2.35. The molecule has 3 nitrogen and oxygen atoms in total. The Morgan fingerprint density at radius 3 is 2.88 bits per heavy atom. The highest BCUT2D eigenvalue weighted by Crippen LogP contribution is 2.39. The second-order valence-corrected chi connectivity index (χ2v) is 5.38. The fourth-order valence-electron chi connectivity index (χ4n) is 2.22. The minimum Gasteiger partial charge on any atom is -0.485 e. The lowest BCUT2D eigenvalue weighted by atomic mass is 9.80. The lowest BCUT2D eigenvalue weighted by molar-refractivity contribution is -0.00125. The number of nitrogens with one attached hydrogen (secondary N) is 1. The van der Waals surface area contributed by atoms with Crippen LogP contribution in [-0.2, 0) is 0 Å². The van der Waals surface area contributed by atoms with Gasteiger partial charge in [-0.25, -0.2) is 0 Å². The van der Waals surface area contributed by atoms with E-state index in [4.69, 9.17) is 4.74 Å². The Balaban J connectivity index is 2.04. The summed E-state index contributed by atoms with van der Waals surface area (Å²) in [7, 11) is 0. The first-order chi connectivity index (χ1) is 7.69. The molecule has 0 bridgehead atoms. The zero-order valence-electron chi connectivity index (χ0n) is 8.75. The topological polar surface area (TPSA) is 38.3 Å². The van der Waals surface area contributed by atoms with Gasteiger partial charge in [0, 0.05) is 4.47 Å². The maximum absolute atomic E-state index is 11.8. The molecule has 1 fully saturated rings. The summed E-state index contributed by atoms with van der Waals surface area (Å²) >= 11 is 3.40. The lowest BCUT2D eigenvalue weighted by Crippen LogP contribution is -2.50. The summed E-state index contributed by atoms with van der Waals surface area (Å²) in [5.41, 5.74) is 0.480. The van der Waals surface area contributed by atoms with Gasteiger partial charge in [-0.3, -0.25) is 4.79 Å². The molecule has 1 heterocycles. The van der Waals surface area contributed by atoms with Crippen molar-refractivity contribution in [3.05, 3.63) is 28.2 Å². The van der Waals surface area contributed by atoms with Crippen LogP contribution in [0, 0.1) is 0 Å². The van der Waals surface area contributed by atoms with Crippen molar-refractivity contribution < 1.29 is 9.53 Å². The zero-order valence-corrected chi connectivity index (χ0v) is 10.3. The maximum atomic E-state index is 11.8. The fourth-order valence-corrected chi connectivity index (χ4v) is 2.56. The molecule has 0 saturated heterocycles. The molecule has 3 rings (SSSR count). The molecular weight excluding hydrogens is 270 g/mol. The van der Waals surface area contributed by atoms with Crippen molar-refractivity contribution in [2.24, 2.45) is 0 Å². The number of halogens is 1. The Labute approximate surface area is 102 Å². The third-order valence-electron chi connectivity index (χ3n) is 3.35. The van der Waals surface area contributed by atoms with Crippen LogP contribution in [0.15, 0.2) is 22.7 Å². The van der Waals surface area contributed by atoms with Gasteiger partial charge < -0.3 is 10.1 Å². The third kappa shape index (κ3) is 1.52. The normalized spacial score (nSPS) is 21.4. The predicted molar refractivity (Wildman–Crippen MR) is 63.7 cm³/mol. The molecule has 16 heavy (non-hydrogen) atoms. The van der Waals surface area contributed by atoms with Crippen molar-refractivity contribution in [2.45, 2.75) is 24.9 Å². The van der Waals surface area contributed by atoms with Crippen LogP contribution >= 0.6 is 15.9 Å². The van der Waals surface area contributed by atoms with E-state index in [-0.39, 0.29) is 11.5 Å². The van der Waals surface area contributed by atoms with Crippen LogP contribution in [0.1, 0.15) is 29.6 Å². The van der Waals surface area contributed by atoms with Gasteiger partial charge in [-0.15, -0.1) is 0 Å². The summed E-state index contributed by atoms with van der Waals surface area (Å²) in [5.74, 6) is 0.662. The molecule has 0 aromatic heterocycles. The Morgan fingerprint density at radius 1 is 1.38 bits per heavy atom. The summed E-state index contributed by atoms with van der Waals surface area (Å²) in [6, 6.07) is 5.53. The molecule has 1 aliphatic heterocycles. The molecule has 0 atom stereocenters. The standard InChI is InChI=1S/C12H12BrNO2/c13-8-2-3-9-10(6-8)16-12(4-1-5-12)7-14-11(9)15/h2-3,6H,1,4-5,7H2,(H,14,15). The molecule has 1 saturated carbocycles. The molecule has 1 N–H and O–H groups in total. The van der Waals surface area contributed by atoms with E-state index in [0.29, 0.717) is 17.9 Å². The second-order valence-electron chi connectivity index (χ2n) is 4.46. The summed E-state index contributed by atoms with van der Waals surface area (Å²) in [5, 5.41) is 2.93. The molecule has 1 spiro atoms. The van der Waals surface area contributed by atoms with Gasteiger partial charge in [0.05, 0.1) is 12.1 Å². The highest BCUT2D eigenvalue weighted by atomic mass is 79.9. The van der Waals surface area contributed by atoms with E-state index in [1.54, 1.807) is 6.07 Å². The number of fused-ring (bicyclic) bond motifs is 1. The molecule has 2 aliphatic rings. The van der Waals surface area contributed by atoms with Gasteiger partial charge in [0.1, 0.15) is 11.4 Å². The van der Waals surface area contributed by atoms with Crippen LogP contribution < -0.4 is 10.1 Å². The van der Waals surface area contributed by atoms with Crippen molar-refractivity contribution in [3.8, 4) is 5.75 Å². The van der Waals surface area contributed by atoms with Gasteiger partial charge in [0.15, 0.2) is 0 Å². The highest BCUT2D eigenvalue weighted by Gasteiger charge is 2.42. The van der Waals surface area contributed by atoms with E-state index in [1.807, 2.05) is 12.1 Å². The fraction of sp³-hybridized carbons (Fsp3) is 0.417. The first kappa shape index (κ1) is 10.1. The Kier molecular flexibility index (Phi) is 2.21. The van der Waals surface area contributed by atoms with Crippen LogP contribution in [0.4, 0.5) is 0 Å². The predicted octanol–water partition coefficient (Wildman–Crippen LogP) is 2.49. The van der Waals surface area contributed by atoms with Crippen LogP contribution in [0.3, 0.4) is 0 Å². The molecule has 4 heteroatoms. The Bertz CT molecular complexity index is 454. The van der Waals surface area contributed by atoms with Crippen molar-refractivity contribution in [2.75, 3.05) is 6.54 Å². The molecule has 1 aromatic rings. The van der Waals surface area contributed by atoms with Gasteiger partial charge >= 0.3 is 0 Å². The van der Waals surface area contributed by atoms with Gasteiger partial charge in [-0.05, 0) is 37.5 Å². The first-order valence-electron chi connectivity index (χ1n) is 5.45. The first-order valence-corrected chi connectivity index (χ1v) is 6.25. The number of amides is 1. The third-order valence-corrected chi connectivity index (χ3v) is 3.84. The summed E-state index contributed by atoms with van der Waals surface area (Å²) in [6.45, 7) is 0.623. The average molecular weight is 282 g/mol. The zero-order chi connectivity index (χ0) is 11.2. The van der Waals surface area contributed by atoms with E-state index >= 15 is 0 Å². The van der Waals surface area contributed by atoms with Crippen molar-refractivity contribution in [1.29, 1.82) is 0 Å². The summed E-state index contributed by atoms with van der Waals surface area (Å²) in [6.07, 6.45) is 3.23. The minimum atomic E-state index is -0.151. The monoisotopic (exact) mass is 281 g/mol. The van der Waals surface area contributed by atoms with E-state index < -0.39 is 0 Å². The number of benzene rings is 1. The molecule has 1 aromatic carbocycles. The lowest BCUT2D eigenvalue weighted by Gasteiger charge is -2.40. The number of rotatable bonds is 0. The van der Waals surface area contributed by atoms with E-state index in [9.17, 15) is 4.79 Å². The quantitative estimate of drug-likeness (QED) is 0.794. The second kappa shape index (κ2) is 3.48. The van der Waals surface area contributed by atoms with Crippen LogP contribution in [0.5, 0.6) is 5.75 Å². The number of ether oxygens (including phenoxy) is 1. The minimum absolute atomic E-state index is 0.0359. The summed E-state index contributed by atoms with van der Waals surface area (Å²) in [4.78, 5) is 11.8. The number of hydrogen-bond acceptors (Lipinski definition) is 2. The molecule has 1 amide bonds. The largest absolute Gasteiger partial charge is 0.485 e. The highest BCUT2D eigenvalue weighted by molar-refractivity contribution is 9.10. The van der Waals surface area contributed by atoms with Gasteiger partial charge in [-0.2, -0.15) is 0 Å². The van der Waals surface area contributed by atoms with Crippen molar-refractivity contribution in [3.63, 3.8) is 0 Å². The van der Waals surface area contributed by atoms with E-state index in [2.05, 4.69) is 21.2 Å². The van der Waals surface area contributed by atoms with Crippen molar-refractivity contribution in [1.82, 2.24) is 5.32 Å². The smallest absolute Gasteiger partial charge is 0.255 e. The van der Waals surface area contributed by atoms with Crippen molar-refractivity contribution >= 4 is 21.8 Å². The maximum Gasteiger partial charge on any atom is 0.255 e. The molecular formula is C12H12BrNO2. The van der Waals surface area contributed by atoms with Crippen LogP contribution in [0.2, 0.25) is 0 Å². The SMILES string of the molecule is O=C1NCC2(CCC2)Oc2cc(Br)ccc21. The van der Waals surface area contributed by atoms with E-state index in [0.717, 1.165) is 17.3 Å². The van der Waals surface area contributed by atoms with E-state index in [1.165, 1.54) is 6.42 Å². The van der Waals surface area contributed by atoms with Gasteiger partial charge in [-0.1, -0.05) is 15.9 Å². The number of carbonyl (C=O) groups excluding carboxylic acids is 1. The Morgan fingerprint density at radius 2 is 2.19 bits per heavy atom. The molecule has 0 unspecified atom stereocenters. The Hall–Kier alpha value is -1.03. The van der Waals surface area contributed by atoms with Crippen LogP contribution in [0.25, 0.3) is 0 Å². The van der Waals surface area contributed by atoms with Gasteiger partial charge in [0.25, 0.3) is 5.91 Å². The summed E-state index contributed by atoms with van der Waals surface area (Å²) < 4.78 is 6.96. The van der Waals surface area contributed by atoms with Gasteiger partial charge in [0.2, 0.25) is 0 Å². The molecule has 1 aliphatic carbocycles. The molecule has 0 radical (unpaired) electrons.